The zero-order chi connectivity index (χ0) is 8.27. The van der Waals surface area contributed by atoms with Crippen LogP contribution in [0.1, 0.15) is 11.5 Å². The molecule has 0 aliphatic heterocycles. The lowest BCUT2D eigenvalue weighted by Crippen LogP contribution is -2.18. The lowest BCUT2D eigenvalue weighted by molar-refractivity contribution is -0.297. The summed E-state index contributed by atoms with van der Waals surface area (Å²) in [5.74, 6) is 0.0498. The van der Waals surface area contributed by atoms with Crippen LogP contribution in [0.15, 0.2) is 22.6 Å². The molecule has 11 heavy (non-hydrogen) atoms. The van der Waals surface area contributed by atoms with Crippen molar-refractivity contribution in [3.8, 4) is 0 Å². The Morgan fingerprint density at radius 2 is 2.36 bits per heavy atom. The summed E-state index contributed by atoms with van der Waals surface area (Å²) < 4.78 is 5.06. The molecule has 0 saturated heterocycles. The number of carboxylic acids is 1. The van der Waals surface area contributed by atoms with E-state index in [0.29, 0.717) is 5.76 Å². The Bertz CT molecular complexity index is 283. The summed E-state index contributed by atoms with van der Waals surface area (Å²) in [6, 6.07) is 3.45. The van der Waals surface area contributed by atoms with E-state index in [0.717, 1.165) is 11.8 Å². The van der Waals surface area contributed by atoms with Crippen molar-refractivity contribution in [1.29, 1.82) is 0 Å². The molecule has 0 amide bonds. The van der Waals surface area contributed by atoms with Crippen LogP contribution in [-0.2, 0) is 4.79 Å². The van der Waals surface area contributed by atoms with Crippen molar-refractivity contribution in [2.24, 2.45) is 0 Å². The van der Waals surface area contributed by atoms with Crippen LogP contribution in [0.2, 0.25) is 0 Å². The Balaban J connectivity index is 2.71. The molecule has 1 heterocycles. The first-order valence-corrected chi connectivity index (χ1v) is 3.14. The highest BCUT2D eigenvalue weighted by Gasteiger charge is 1.90. The number of carbonyl (C=O) groups is 1. The highest BCUT2D eigenvalue weighted by Crippen LogP contribution is 2.07. The van der Waals surface area contributed by atoms with E-state index < -0.39 is 5.97 Å². The summed E-state index contributed by atoms with van der Waals surface area (Å²) in [7, 11) is 0. The van der Waals surface area contributed by atoms with Crippen molar-refractivity contribution in [1.82, 2.24) is 0 Å². The van der Waals surface area contributed by atoms with Crippen molar-refractivity contribution in [3.63, 3.8) is 0 Å². The fourth-order valence-corrected chi connectivity index (χ4v) is 0.693. The average molecular weight is 151 g/mol. The largest absolute Gasteiger partial charge is 0.545 e. The van der Waals surface area contributed by atoms with Crippen LogP contribution in [-0.4, -0.2) is 5.97 Å². The molecule has 58 valence electrons. The van der Waals surface area contributed by atoms with E-state index in [1.54, 1.807) is 19.1 Å². The minimum Gasteiger partial charge on any atom is -0.545 e. The molecule has 0 spiro atoms. The number of furan rings is 1. The molecule has 0 bridgehead atoms. The van der Waals surface area contributed by atoms with E-state index in [2.05, 4.69) is 0 Å². The van der Waals surface area contributed by atoms with Gasteiger partial charge in [0.05, 0.1) is 5.97 Å². The SMILES string of the molecule is Cc1ccc(C=CC(=O)[O-])o1. The second kappa shape index (κ2) is 3.05. The molecular formula is C8H7O3-. The number of hydrogen-bond acceptors (Lipinski definition) is 3. The van der Waals surface area contributed by atoms with Gasteiger partial charge >= 0.3 is 0 Å². The summed E-state index contributed by atoms with van der Waals surface area (Å²) in [5.41, 5.74) is 0. The van der Waals surface area contributed by atoms with E-state index in [1.807, 2.05) is 0 Å². The van der Waals surface area contributed by atoms with Gasteiger partial charge in [0.25, 0.3) is 0 Å². The van der Waals surface area contributed by atoms with Crippen molar-refractivity contribution in [2.45, 2.75) is 6.92 Å². The fourth-order valence-electron chi connectivity index (χ4n) is 0.693. The van der Waals surface area contributed by atoms with E-state index >= 15 is 0 Å². The highest BCUT2D eigenvalue weighted by molar-refractivity contribution is 5.82. The summed E-state index contributed by atoms with van der Waals surface area (Å²) in [5, 5.41) is 9.94. The Morgan fingerprint density at radius 3 is 2.82 bits per heavy atom. The van der Waals surface area contributed by atoms with E-state index in [9.17, 15) is 9.90 Å². The predicted molar refractivity (Wildman–Crippen MR) is 37.5 cm³/mol. The molecule has 1 aromatic rings. The van der Waals surface area contributed by atoms with Crippen LogP contribution in [0.25, 0.3) is 6.08 Å². The van der Waals surface area contributed by atoms with E-state index in [4.69, 9.17) is 4.42 Å². The predicted octanol–water partition coefficient (Wildman–Crippen LogP) is 0.351. The molecule has 0 aliphatic rings. The standard InChI is InChI=1S/C8H8O3/c1-6-2-3-7(11-6)4-5-8(9)10/h2-5H,1H3,(H,9,10)/p-1. The van der Waals surface area contributed by atoms with E-state index in [-0.39, 0.29) is 0 Å². The van der Waals surface area contributed by atoms with Gasteiger partial charge in [-0.15, -0.1) is 0 Å². The van der Waals surface area contributed by atoms with Gasteiger partial charge in [-0.1, -0.05) is 0 Å². The number of rotatable bonds is 2. The molecule has 0 fully saturated rings. The number of aliphatic carboxylic acids is 1. The Kier molecular flexibility index (Phi) is 2.11. The van der Waals surface area contributed by atoms with Crippen molar-refractivity contribution >= 4 is 12.0 Å². The van der Waals surface area contributed by atoms with Crippen molar-refractivity contribution in [2.75, 3.05) is 0 Å². The van der Waals surface area contributed by atoms with Crippen LogP contribution >= 0.6 is 0 Å². The van der Waals surface area contributed by atoms with Gasteiger partial charge in [-0.2, -0.15) is 0 Å². The minimum absolute atomic E-state index is 0.520. The Labute approximate surface area is 64.0 Å². The van der Waals surface area contributed by atoms with Crippen molar-refractivity contribution in [3.05, 3.63) is 29.7 Å². The monoisotopic (exact) mass is 151 g/mol. The fraction of sp³-hybridized carbons (Fsp3) is 0.125. The van der Waals surface area contributed by atoms with Crippen LogP contribution in [0.3, 0.4) is 0 Å². The van der Waals surface area contributed by atoms with Gasteiger partial charge in [0, 0.05) is 0 Å². The summed E-state index contributed by atoms with van der Waals surface area (Å²) >= 11 is 0. The third-order valence-corrected chi connectivity index (χ3v) is 1.14. The normalized spacial score (nSPS) is 10.6. The first kappa shape index (κ1) is 7.60. The lowest BCUT2D eigenvalue weighted by Gasteiger charge is -1.88. The molecule has 0 N–H and O–H groups in total. The molecule has 0 aromatic carbocycles. The topological polar surface area (TPSA) is 53.3 Å². The molecule has 3 heteroatoms. The summed E-state index contributed by atoms with van der Waals surface area (Å²) in [6.07, 6.45) is 2.28. The van der Waals surface area contributed by atoms with Gasteiger partial charge in [-0.25, -0.2) is 0 Å². The summed E-state index contributed by atoms with van der Waals surface area (Å²) in [6.45, 7) is 1.79. The van der Waals surface area contributed by atoms with Crippen LogP contribution in [0, 0.1) is 6.92 Å². The van der Waals surface area contributed by atoms with Gasteiger partial charge in [0.15, 0.2) is 0 Å². The average Bonchev–Trinajstić information content (AvgIpc) is 2.31. The quantitative estimate of drug-likeness (QED) is 0.573. The highest BCUT2D eigenvalue weighted by atomic mass is 16.4. The maximum Gasteiger partial charge on any atom is 0.127 e. The smallest absolute Gasteiger partial charge is 0.127 e. The second-order valence-electron chi connectivity index (χ2n) is 2.10. The number of aryl methyl sites for hydroxylation is 1. The third kappa shape index (κ3) is 2.29. The van der Waals surface area contributed by atoms with Gasteiger partial charge < -0.3 is 14.3 Å². The third-order valence-electron chi connectivity index (χ3n) is 1.14. The molecule has 3 nitrogen and oxygen atoms in total. The molecule has 1 aromatic heterocycles. The number of carboxylic acid groups (broad SMARTS) is 1. The Morgan fingerprint density at radius 1 is 1.64 bits per heavy atom. The zero-order valence-corrected chi connectivity index (χ0v) is 6.03. The molecular weight excluding hydrogens is 144 g/mol. The maximum absolute atomic E-state index is 9.94. The first-order valence-electron chi connectivity index (χ1n) is 3.14. The van der Waals surface area contributed by atoms with Gasteiger partial charge in [-0.3, -0.25) is 0 Å². The maximum atomic E-state index is 9.94. The van der Waals surface area contributed by atoms with E-state index in [1.165, 1.54) is 6.08 Å². The zero-order valence-electron chi connectivity index (χ0n) is 6.03. The number of carbonyl (C=O) groups excluding carboxylic acids is 1. The molecule has 0 unspecified atom stereocenters. The molecule has 0 saturated carbocycles. The Hall–Kier alpha value is -1.51. The van der Waals surface area contributed by atoms with Crippen LogP contribution in [0.4, 0.5) is 0 Å². The van der Waals surface area contributed by atoms with Gasteiger partial charge in [-0.05, 0) is 31.2 Å². The molecule has 1 rings (SSSR count). The van der Waals surface area contributed by atoms with Gasteiger partial charge in [0.2, 0.25) is 0 Å². The summed E-state index contributed by atoms with van der Waals surface area (Å²) in [4.78, 5) is 9.94. The lowest BCUT2D eigenvalue weighted by atomic mass is 10.4. The molecule has 0 radical (unpaired) electrons. The molecule has 0 aliphatic carbocycles. The van der Waals surface area contributed by atoms with Crippen molar-refractivity contribution < 1.29 is 14.3 Å². The first-order chi connectivity index (χ1) is 5.18. The minimum atomic E-state index is -1.22. The van der Waals surface area contributed by atoms with Crippen LogP contribution < -0.4 is 5.11 Å². The van der Waals surface area contributed by atoms with Crippen LogP contribution in [0.5, 0.6) is 0 Å². The number of hydrogen-bond donors (Lipinski definition) is 0. The van der Waals surface area contributed by atoms with Gasteiger partial charge in [0.1, 0.15) is 11.5 Å². The molecule has 0 atom stereocenters. The second-order valence-corrected chi connectivity index (χ2v) is 2.10.